The molecule has 0 spiro atoms. The number of ether oxygens (including phenoxy) is 1. The zero-order valence-electron chi connectivity index (χ0n) is 9.26. The first-order chi connectivity index (χ1) is 7.60. The number of nitrogens with one attached hydrogen (secondary N) is 1. The first-order valence-electron chi connectivity index (χ1n) is 4.95. The van der Waals surface area contributed by atoms with E-state index in [0.717, 1.165) is 0 Å². The van der Waals surface area contributed by atoms with Crippen molar-refractivity contribution in [1.29, 1.82) is 0 Å². The molecule has 0 aliphatic carbocycles. The fourth-order valence-electron chi connectivity index (χ4n) is 1.39. The predicted octanol–water partition coefficient (Wildman–Crippen LogP) is 2.64. The molecule has 1 aromatic rings. The van der Waals surface area contributed by atoms with Crippen molar-refractivity contribution in [1.82, 2.24) is 5.32 Å². The molecular formula is C11H15Cl2NO2. The summed E-state index contributed by atoms with van der Waals surface area (Å²) in [6, 6.07) is 3.25. The van der Waals surface area contributed by atoms with Gasteiger partial charge in [0.15, 0.2) is 0 Å². The van der Waals surface area contributed by atoms with E-state index in [1.807, 2.05) is 7.05 Å². The molecule has 0 aliphatic heterocycles. The summed E-state index contributed by atoms with van der Waals surface area (Å²) in [6.07, 6.45) is -0.0397. The molecule has 3 nitrogen and oxygen atoms in total. The Morgan fingerprint density at radius 1 is 1.38 bits per heavy atom. The minimum Gasteiger partial charge on any atom is -0.495 e. The molecule has 0 aromatic heterocycles. The number of rotatable bonds is 5. The van der Waals surface area contributed by atoms with Gasteiger partial charge in [0.25, 0.3) is 0 Å². The molecule has 1 atom stereocenters. The zero-order chi connectivity index (χ0) is 12.1. The van der Waals surface area contributed by atoms with Gasteiger partial charge in [-0.1, -0.05) is 23.2 Å². The van der Waals surface area contributed by atoms with E-state index in [0.29, 0.717) is 34.3 Å². The second-order valence-corrected chi connectivity index (χ2v) is 4.23. The van der Waals surface area contributed by atoms with Crippen molar-refractivity contribution in [3.8, 4) is 5.75 Å². The molecule has 0 aliphatic rings. The van der Waals surface area contributed by atoms with Gasteiger partial charge in [0.2, 0.25) is 0 Å². The molecule has 0 heterocycles. The van der Waals surface area contributed by atoms with Crippen LogP contribution < -0.4 is 10.1 Å². The van der Waals surface area contributed by atoms with Crippen molar-refractivity contribution < 1.29 is 9.84 Å². The van der Waals surface area contributed by atoms with E-state index in [1.165, 1.54) is 7.11 Å². The third-order valence-corrected chi connectivity index (χ3v) is 2.92. The topological polar surface area (TPSA) is 41.5 Å². The van der Waals surface area contributed by atoms with Gasteiger partial charge in [-0.05, 0) is 26.1 Å². The van der Waals surface area contributed by atoms with Gasteiger partial charge in [-0.15, -0.1) is 0 Å². The van der Waals surface area contributed by atoms with Crippen LogP contribution in [0.4, 0.5) is 0 Å². The van der Waals surface area contributed by atoms with Gasteiger partial charge in [-0.2, -0.15) is 0 Å². The molecular weight excluding hydrogens is 249 g/mol. The molecule has 0 amide bonds. The maximum atomic E-state index is 9.90. The molecule has 5 heteroatoms. The minimum absolute atomic E-state index is 0.449. The Morgan fingerprint density at radius 2 is 2.06 bits per heavy atom. The second-order valence-electron chi connectivity index (χ2n) is 3.42. The van der Waals surface area contributed by atoms with E-state index in [1.54, 1.807) is 12.1 Å². The zero-order valence-corrected chi connectivity index (χ0v) is 10.8. The standard InChI is InChI=1S/C11H15Cl2NO2/c1-14-4-3-10(15)7-5-9(13)11(16-2)6-8(7)12/h5-6,10,14-15H,3-4H2,1-2H3. The van der Waals surface area contributed by atoms with Crippen LogP contribution in [0.1, 0.15) is 18.1 Å². The van der Waals surface area contributed by atoms with Crippen LogP contribution >= 0.6 is 23.2 Å². The molecule has 2 N–H and O–H groups in total. The lowest BCUT2D eigenvalue weighted by Gasteiger charge is -2.14. The summed E-state index contributed by atoms with van der Waals surface area (Å²) in [5.74, 6) is 0.510. The van der Waals surface area contributed by atoms with Crippen molar-refractivity contribution in [3.05, 3.63) is 27.7 Å². The van der Waals surface area contributed by atoms with Crippen LogP contribution in [0, 0.1) is 0 Å². The number of aliphatic hydroxyl groups is 1. The third-order valence-electron chi connectivity index (χ3n) is 2.30. The van der Waals surface area contributed by atoms with Crippen molar-refractivity contribution in [3.63, 3.8) is 0 Å². The Balaban J connectivity index is 2.92. The lowest BCUT2D eigenvalue weighted by molar-refractivity contribution is 0.168. The van der Waals surface area contributed by atoms with Crippen LogP contribution in [0.3, 0.4) is 0 Å². The minimum atomic E-state index is -0.622. The maximum Gasteiger partial charge on any atom is 0.138 e. The van der Waals surface area contributed by atoms with Crippen LogP contribution in [-0.4, -0.2) is 25.8 Å². The molecule has 0 saturated heterocycles. The highest BCUT2D eigenvalue weighted by atomic mass is 35.5. The van der Waals surface area contributed by atoms with Gasteiger partial charge in [-0.25, -0.2) is 0 Å². The number of hydrogen-bond acceptors (Lipinski definition) is 3. The molecule has 0 fully saturated rings. The highest BCUT2D eigenvalue weighted by Gasteiger charge is 2.14. The Labute approximate surface area is 105 Å². The largest absolute Gasteiger partial charge is 0.495 e. The number of hydrogen-bond donors (Lipinski definition) is 2. The average Bonchev–Trinajstić information content (AvgIpc) is 2.28. The van der Waals surface area contributed by atoms with Gasteiger partial charge >= 0.3 is 0 Å². The Bertz CT molecular complexity index is 358. The van der Waals surface area contributed by atoms with Gasteiger partial charge in [0.05, 0.1) is 23.3 Å². The summed E-state index contributed by atoms with van der Waals surface area (Å²) in [7, 11) is 3.35. The van der Waals surface area contributed by atoms with Crippen LogP contribution in [0.25, 0.3) is 0 Å². The van der Waals surface area contributed by atoms with Gasteiger partial charge in [0, 0.05) is 11.6 Å². The number of halogens is 2. The second kappa shape index (κ2) is 6.30. The SMILES string of the molecule is CNCCC(O)c1cc(Cl)c(OC)cc1Cl. The van der Waals surface area contributed by atoms with Crippen LogP contribution in [-0.2, 0) is 0 Å². The molecule has 0 radical (unpaired) electrons. The molecule has 90 valence electrons. The van der Waals surface area contributed by atoms with Crippen LogP contribution in [0.5, 0.6) is 5.75 Å². The molecule has 0 bridgehead atoms. The smallest absolute Gasteiger partial charge is 0.138 e. The van der Waals surface area contributed by atoms with Crippen molar-refractivity contribution in [2.45, 2.75) is 12.5 Å². The fraction of sp³-hybridized carbons (Fsp3) is 0.455. The summed E-state index contributed by atoms with van der Waals surface area (Å²) in [5.41, 5.74) is 0.628. The Morgan fingerprint density at radius 3 is 2.62 bits per heavy atom. The van der Waals surface area contributed by atoms with Gasteiger partial charge in [0.1, 0.15) is 5.75 Å². The van der Waals surface area contributed by atoms with E-state index < -0.39 is 6.10 Å². The summed E-state index contributed by atoms with van der Waals surface area (Å²) in [6.45, 7) is 0.709. The first-order valence-corrected chi connectivity index (χ1v) is 5.71. The average molecular weight is 264 g/mol. The maximum absolute atomic E-state index is 9.90. The number of benzene rings is 1. The van der Waals surface area contributed by atoms with E-state index in [-0.39, 0.29) is 0 Å². The normalized spacial score (nSPS) is 12.6. The highest BCUT2D eigenvalue weighted by Crippen LogP contribution is 2.34. The Kier molecular flexibility index (Phi) is 5.35. The molecule has 0 saturated carbocycles. The van der Waals surface area contributed by atoms with E-state index in [9.17, 15) is 5.11 Å². The number of methoxy groups -OCH3 is 1. The lowest BCUT2D eigenvalue weighted by Crippen LogP contribution is -2.12. The summed E-state index contributed by atoms with van der Waals surface area (Å²) < 4.78 is 5.03. The van der Waals surface area contributed by atoms with Crippen molar-refractivity contribution in [2.24, 2.45) is 0 Å². The lowest BCUT2D eigenvalue weighted by atomic mass is 10.1. The van der Waals surface area contributed by atoms with Gasteiger partial charge < -0.3 is 15.2 Å². The molecule has 1 aromatic carbocycles. The molecule has 1 rings (SSSR count). The summed E-state index contributed by atoms with van der Waals surface area (Å²) >= 11 is 12.0. The monoisotopic (exact) mass is 263 g/mol. The van der Waals surface area contributed by atoms with E-state index in [2.05, 4.69) is 5.32 Å². The third kappa shape index (κ3) is 3.25. The fourth-order valence-corrected chi connectivity index (χ4v) is 1.92. The Hall–Kier alpha value is -0.480. The van der Waals surface area contributed by atoms with Crippen LogP contribution in [0.2, 0.25) is 10.0 Å². The predicted molar refractivity (Wildman–Crippen MR) is 66.5 cm³/mol. The van der Waals surface area contributed by atoms with E-state index >= 15 is 0 Å². The van der Waals surface area contributed by atoms with Gasteiger partial charge in [-0.3, -0.25) is 0 Å². The summed E-state index contributed by atoms with van der Waals surface area (Å²) in [5, 5.41) is 13.8. The van der Waals surface area contributed by atoms with Crippen molar-refractivity contribution >= 4 is 23.2 Å². The molecule has 1 unspecified atom stereocenters. The van der Waals surface area contributed by atoms with Crippen molar-refractivity contribution in [2.75, 3.05) is 20.7 Å². The molecule has 16 heavy (non-hydrogen) atoms. The quantitative estimate of drug-likeness (QED) is 0.859. The first kappa shape index (κ1) is 13.6. The van der Waals surface area contributed by atoms with E-state index in [4.69, 9.17) is 27.9 Å². The highest BCUT2D eigenvalue weighted by molar-refractivity contribution is 6.34. The van der Waals surface area contributed by atoms with Crippen LogP contribution in [0.15, 0.2) is 12.1 Å². The number of aliphatic hydroxyl groups excluding tert-OH is 1. The summed E-state index contributed by atoms with van der Waals surface area (Å²) in [4.78, 5) is 0.